The monoisotopic (exact) mass is 208 g/mol. The molecule has 0 saturated heterocycles. The molecule has 0 spiro atoms. The van der Waals surface area contributed by atoms with Gasteiger partial charge in [-0.1, -0.05) is 18.3 Å². The molecule has 2 aromatic heterocycles. The van der Waals surface area contributed by atoms with Gasteiger partial charge in [0.1, 0.15) is 16.8 Å². The van der Waals surface area contributed by atoms with Crippen LogP contribution in [0.2, 0.25) is 0 Å². The van der Waals surface area contributed by atoms with Gasteiger partial charge in [0.25, 0.3) is 0 Å². The number of hydrogen-bond acceptors (Lipinski definition) is 2. The number of pyridine rings is 1. The number of fused-ring (bicyclic) bond motifs is 1. The zero-order chi connectivity index (χ0) is 10.1. The van der Waals surface area contributed by atoms with E-state index in [1.807, 2.05) is 12.1 Å². The fourth-order valence-electron chi connectivity index (χ4n) is 1.38. The molecule has 0 atom stereocenters. The summed E-state index contributed by atoms with van der Waals surface area (Å²) >= 11 is 5.08. The summed E-state index contributed by atoms with van der Waals surface area (Å²) in [6, 6.07) is 5.45. The van der Waals surface area contributed by atoms with Gasteiger partial charge < -0.3 is 9.67 Å². The van der Waals surface area contributed by atoms with Crippen LogP contribution in [0.4, 0.5) is 0 Å². The average Bonchev–Trinajstić information content (AvgIpc) is 2.49. The zero-order valence-corrected chi connectivity index (χ0v) is 8.07. The molecule has 14 heavy (non-hydrogen) atoms. The summed E-state index contributed by atoms with van der Waals surface area (Å²) in [5.74, 6) is -0.863. The average molecular weight is 208 g/mol. The molecular weight excluding hydrogens is 200 g/mol. The molecule has 72 valence electrons. The van der Waals surface area contributed by atoms with Crippen molar-refractivity contribution in [2.45, 2.75) is 6.54 Å². The van der Waals surface area contributed by atoms with Crippen LogP contribution in [0.3, 0.4) is 0 Å². The van der Waals surface area contributed by atoms with Gasteiger partial charge in [-0.15, -0.1) is 0 Å². The van der Waals surface area contributed by atoms with E-state index in [1.54, 1.807) is 27.4 Å². The maximum atomic E-state index is 10.5. The van der Waals surface area contributed by atoms with Crippen molar-refractivity contribution >= 4 is 23.8 Å². The van der Waals surface area contributed by atoms with Gasteiger partial charge in [0.05, 0.1) is 0 Å². The largest absolute Gasteiger partial charge is 0.480 e. The number of carboxylic acids is 1. The van der Waals surface area contributed by atoms with Gasteiger partial charge in [0.15, 0.2) is 0 Å². The minimum absolute atomic E-state index is 0.0463. The highest BCUT2D eigenvalue weighted by Gasteiger charge is 2.03. The van der Waals surface area contributed by atoms with Crippen LogP contribution in [-0.2, 0) is 11.3 Å². The predicted octanol–water partition coefficient (Wildman–Crippen LogP) is 1.55. The summed E-state index contributed by atoms with van der Waals surface area (Å²) in [4.78, 5) is 10.5. The van der Waals surface area contributed by atoms with Gasteiger partial charge in [-0.05, 0) is 12.1 Å². The van der Waals surface area contributed by atoms with Crippen LogP contribution in [0.25, 0.3) is 5.65 Å². The molecule has 0 aliphatic carbocycles. The van der Waals surface area contributed by atoms with Gasteiger partial charge >= 0.3 is 5.97 Å². The van der Waals surface area contributed by atoms with Crippen LogP contribution < -0.4 is 0 Å². The number of nitrogens with zero attached hydrogens (tertiary/aromatic N) is 2. The van der Waals surface area contributed by atoms with E-state index in [2.05, 4.69) is 0 Å². The van der Waals surface area contributed by atoms with Crippen LogP contribution in [0.15, 0.2) is 30.6 Å². The highest BCUT2D eigenvalue weighted by molar-refractivity contribution is 7.71. The van der Waals surface area contributed by atoms with Gasteiger partial charge in [0.2, 0.25) is 0 Å². The van der Waals surface area contributed by atoms with Crippen LogP contribution in [-0.4, -0.2) is 20.0 Å². The molecule has 0 bridgehead atoms. The third kappa shape index (κ3) is 1.42. The number of hydrogen-bond donors (Lipinski definition) is 1. The fourth-order valence-corrected chi connectivity index (χ4v) is 1.61. The Morgan fingerprint density at radius 3 is 2.93 bits per heavy atom. The van der Waals surface area contributed by atoms with Gasteiger partial charge in [-0.2, -0.15) is 0 Å². The predicted molar refractivity (Wildman–Crippen MR) is 53.9 cm³/mol. The van der Waals surface area contributed by atoms with Crippen molar-refractivity contribution in [2.75, 3.05) is 0 Å². The molecule has 0 aliphatic heterocycles. The van der Waals surface area contributed by atoms with Crippen molar-refractivity contribution in [3.8, 4) is 0 Å². The van der Waals surface area contributed by atoms with Crippen LogP contribution >= 0.6 is 12.2 Å². The first-order valence-corrected chi connectivity index (χ1v) is 4.47. The minimum atomic E-state index is -0.863. The quantitative estimate of drug-likeness (QED) is 0.762. The van der Waals surface area contributed by atoms with Crippen molar-refractivity contribution in [1.82, 2.24) is 8.97 Å². The summed E-state index contributed by atoms with van der Waals surface area (Å²) in [6.45, 7) is -0.0463. The van der Waals surface area contributed by atoms with E-state index in [1.165, 1.54) is 0 Å². The maximum absolute atomic E-state index is 10.5. The molecule has 0 fully saturated rings. The smallest absolute Gasteiger partial charge is 0.323 e. The zero-order valence-electron chi connectivity index (χ0n) is 7.25. The Morgan fingerprint density at radius 2 is 2.21 bits per heavy atom. The summed E-state index contributed by atoms with van der Waals surface area (Å²) in [7, 11) is 0. The van der Waals surface area contributed by atoms with Crippen molar-refractivity contribution in [2.24, 2.45) is 0 Å². The Balaban J connectivity index is 2.64. The van der Waals surface area contributed by atoms with Crippen molar-refractivity contribution in [3.05, 3.63) is 35.2 Å². The molecule has 0 unspecified atom stereocenters. The van der Waals surface area contributed by atoms with Gasteiger partial charge in [0, 0.05) is 12.4 Å². The second-order valence-electron chi connectivity index (χ2n) is 2.91. The summed E-state index contributed by atoms with van der Waals surface area (Å²) in [5, 5.41) is 8.66. The number of aliphatic carboxylic acids is 1. The highest BCUT2D eigenvalue weighted by Crippen LogP contribution is 2.06. The maximum Gasteiger partial charge on any atom is 0.323 e. The highest BCUT2D eigenvalue weighted by atomic mass is 32.1. The molecule has 2 heterocycles. The summed E-state index contributed by atoms with van der Waals surface area (Å²) < 4.78 is 4.09. The van der Waals surface area contributed by atoms with E-state index in [0.717, 1.165) is 5.65 Å². The number of carboxylic acid groups (broad SMARTS) is 1. The fraction of sp³-hybridized carbons (Fsp3) is 0.111. The second kappa shape index (κ2) is 3.26. The lowest BCUT2D eigenvalue weighted by Gasteiger charge is -2.00. The van der Waals surface area contributed by atoms with Crippen LogP contribution in [0, 0.1) is 4.64 Å². The first kappa shape index (κ1) is 8.96. The molecule has 2 rings (SSSR count). The molecule has 0 radical (unpaired) electrons. The number of aromatic nitrogens is 2. The van der Waals surface area contributed by atoms with E-state index in [0.29, 0.717) is 4.64 Å². The molecule has 0 amide bonds. The number of rotatable bonds is 2. The molecule has 0 aromatic carbocycles. The lowest BCUT2D eigenvalue weighted by atomic mass is 10.5. The second-order valence-corrected chi connectivity index (χ2v) is 3.33. The molecule has 5 heteroatoms. The SMILES string of the molecule is O=C(O)Cn1ccn2c(=S)cccc12. The van der Waals surface area contributed by atoms with Crippen molar-refractivity contribution in [3.63, 3.8) is 0 Å². The Labute approximate surface area is 85.0 Å². The van der Waals surface area contributed by atoms with Gasteiger partial charge in [-0.3, -0.25) is 9.20 Å². The Morgan fingerprint density at radius 1 is 1.43 bits per heavy atom. The normalized spacial score (nSPS) is 10.6. The van der Waals surface area contributed by atoms with E-state index in [9.17, 15) is 4.79 Å². The van der Waals surface area contributed by atoms with Crippen LogP contribution in [0.1, 0.15) is 0 Å². The molecule has 4 nitrogen and oxygen atoms in total. The summed E-state index contributed by atoms with van der Waals surface area (Å²) in [5.41, 5.74) is 0.792. The Hall–Kier alpha value is -1.62. The third-order valence-electron chi connectivity index (χ3n) is 1.96. The molecule has 2 aromatic rings. The van der Waals surface area contributed by atoms with Gasteiger partial charge in [-0.25, -0.2) is 0 Å². The minimum Gasteiger partial charge on any atom is -0.480 e. The molecule has 0 aliphatic rings. The first-order valence-electron chi connectivity index (χ1n) is 4.07. The molecular formula is C9H8N2O2S. The van der Waals surface area contributed by atoms with E-state index >= 15 is 0 Å². The lowest BCUT2D eigenvalue weighted by molar-refractivity contribution is -0.137. The lowest BCUT2D eigenvalue weighted by Crippen LogP contribution is -2.07. The third-order valence-corrected chi connectivity index (χ3v) is 2.30. The Bertz CT molecular complexity index is 541. The summed E-state index contributed by atoms with van der Waals surface area (Å²) in [6.07, 6.45) is 3.47. The molecule has 1 N–H and O–H groups in total. The number of imidazole rings is 1. The van der Waals surface area contributed by atoms with Crippen LogP contribution in [0.5, 0.6) is 0 Å². The van der Waals surface area contributed by atoms with Crippen molar-refractivity contribution < 1.29 is 9.90 Å². The van der Waals surface area contributed by atoms with E-state index in [-0.39, 0.29) is 6.54 Å². The van der Waals surface area contributed by atoms with E-state index < -0.39 is 5.97 Å². The molecule has 0 saturated carbocycles. The Kier molecular flexibility index (Phi) is 2.09. The first-order chi connectivity index (χ1) is 6.68. The van der Waals surface area contributed by atoms with Crippen molar-refractivity contribution in [1.29, 1.82) is 0 Å². The number of carbonyl (C=O) groups is 1. The standard InChI is InChI=1S/C9H8N2O2S/c12-9(13)6-10-4-5-11-7(10)2-1-3-8(11)14/h1-5H,6H2,(H,12,13). The van der Waals surface area contributed by atoms with E-state index in [4.69, 9.17) is 17.3 Å². The topological polar surface area (TPSA) is 46.6 Å².